The zero-order valence-corrected chi connectivity index (χ0v) is 15.1. The lowest BCUT2D eigenvalue weighted by molar-refractivity contribution is 0.591. The fourth-order valence-electron chi connectivity index (χ4n) is 2.35. The van der Waals surface area contributed by atoms with Crippen molar-refractivity contribution in [2.75, 3.05) is 0 Å². The second-order valence-corrected chi connectivity index (χ2v) is 7.63. The van der Waals surface area contributed by atoms with Gasteiger partial charge in [0.2, 0.25) is 0 Å². The molecule has 0 aliphatic heterocycles. The monoisotopic (exact) mass is 358 g/mol. The number of hydrazine groups is 1. The van der Waals surface area contributed by atoms with Crippen molar-refractivity contribution in [3.63, 3.8) is 0 Å². The maximum atomic E-state index is 6.52. The van der Waals surface area contributed by atoms with Gasteiger partial charge >= 0.3 is 0 Å². The molecule has 132 valence electrons. The van der Waals surface area contributed by atoms with Crippen molar-refractivity contribution in [1.29, 1.82) is 0 Å². The lowest BCUT2D eigenvalue weighted by atomic mass is 10.4. The van der Waals surface area contributed by atoms with E-state index in [9.17, 15) is 0 Å². The van der Waals surface area contributed by atoms with Crippen LogP contribution in [0.2, 0.25) is 0 Å². The number of aromatic nitrogens is 6. The maximum absolute atomic E-state index is 6.52. The molecule has 3 rings (SSSR count). The number of nitrogens with zero attached hydrogens (tertiary/aromatic N) is 7. The molecule has 25 heavy (non-hydrogen) atoms. The summed E-state index contributed by atoms with van der Waals surface area (Å²) in [6, 6.07) is 5.66. The first-order valence-electron chi connectivity index (χ1n) is 7.96. The van der Waals surface area contributed by atoms with Gasteiger partial charge in [-0.15, -0.1) is 0 Å². The van der Waals surface area contributed by atoms with Crippen molar-refractivity contribution >= 4 is 16.8 Å². The molecular weight excluding hydrogens is 336 g/mol. The Balaban J connectivity index is 2.26. The summed E-state index contributed by atoms with van der Waals surface area (Å²) in [7, 11) is -2.29. The second-order valence-electron chi connectivity index (χ2n) is 5.10. The molecule has 0 aliphatic carbocycles. The summed E-state index contributed by atoms with van der Waals surface area (Å²) in [6.45, 7) is 4.01. The predicted octanol–water partition coefficient (Wildman–Crippen LogP) is 2.82. The molecule has 0 saturated heterocycles. The third-order valence-corrected chi connectivity index (χ3v) is 6.24. The Morgan fingerprint density at radius 1 is 1.12 bits per heavy atom. The molecule has 0 unspecified atom stereocenters. The van der Waals surface area contributed by atoms with Crippen LogP contribution in [0.15, 0.2) is 67.5 Å². The van der Waals surface area contributed by atoms with Crippen LogP contribution in [0.3, 0.4) is 0 Å². The van der Waals surface area contributed by atoms with Crippen LogP contribution in [0.5, 0.6) is 0 Å². The molecule has 0 amide bonds. The van der Waals surface area contributed by atoms with E-state index in [4.69, 9.17) is 10.9 Å². The summed E-state index contributed by atoms with van der Waals surface area (Å²) >= 11 is 0. The van der Waals surface area contributed by atoms with E-state index in [0.29, 0.717) is 0 Å². The zero-order chi connectivity index (χ0) is 17.7. The smallest absolute Gasteiger partial charge is 0.156 e. The first-order chi connectivity index (χ1) is 12.2. The van der Waals surface area contributed by atoms with Crippen LogP contribution in [0, 0.1) is 0 Å². The minimum absolute atomic E-state index is 0.839. The average Bonchev–Trinajstić information content (AvgIpc) is 3.37. The van der Waals surface area contributed by atoms with Crippen molar-refractivity contribution in [3.8, 4) is 0 Å². The quantitative estimate of drug-likeness (QED) is 0.519. The summed E-state index contributed by atoms with van der Waals surface area (Å²) in [6.07, 6.45) is 17.7. The van der Waals surface area contributed by atoms with E-state index < -0.39 is 10.8 Å². The van der Waals surface area contributed by atoms with Crippen LogP contribution in [-0.2, 0) is 0 Å². The van der Waals surface area contributed by atoms with Gasteiger partial charge in [-0.05, 0) is 37.6 Å². The van der Waals surface area contributed by atoms with Crippen LogP contribution in [0.4, 0.5) is 0 Å². The molecule has 8 nitrogen and oxygen atoms in total. The molecule has 0 radical (unpaired) electrons. The summed E-state index contributed by atoms with van der Waals surface area (Å²) in [5.74, 6) is 6.52. The standard InChI is InChI=1S/C16H22N8S/c1-3-5-12-21(17)25(22-13-6-10-18-22,23-14-7-11-19-23)24-15-9-16(20-24)8-4-2/h4-15H,3,17H2,1-2H3/b8-4-,12-5-. The van der Waals surface area contributed by atoms with Gasteiger partial charge in [0.05, 0.1) is 18.1 Å². The third-order valence-electron chi connectivity index (χ3n) is 3.41. The van der Waals surface area contributed by atoms with Crippen molar-refractivity contribution < 1.29 is 0 Å². The van der Waals surface area contributed by atoms with Gasteiger partial charge in [-0.2, -0.15) is 27.6 Å². The minimum atomic E-state index is -2.29. The first-order valence-corrected chi connectivity index (χ1v) is 9.43. The van der Waals surface area contributed by atoms with E-state index in [1.54, 1.807) is 25.0 Å². The van der Waals surface area contributed by atoms with Gasteiger partial charge in [-0.3, -0.25) is 0 Å². The highest BCUT2D eigenvalue weighted by atomic mass is 32.3. The molecule has 3 heterocycles. The number of hydrogen-bond acceptors (Lipinski definition) is 5. The highest BCUT2D eigenvalue weighted by Crippen LogP contribution is 2.51. The van der Waals surface area contributed by atoms with Crippen LogP contribution in [0.1, 0.15) is 26.0 Å². The van der Waals surface area contributed by atoms with Gasteiger partial charge in [0.1, 0.15) is 0 Å². The normalized spacial score (nSPS) is 13.1. The predicted molar refractivity (Wildman–Crippen MR) is 101 cm³/mol. The highest BCUT2D eigenvalue weighted by Gasteiger charge is 2.37. The summed E-state index contributed by atoms with van der Waals surface area (Å²) in [5.41, 5.74) is 0.839. The molecule has 3 aromatic rings. The molecule has 3 aromatic heterocycles. The maximum Gasteiger partial charge on any atom is 0.156 e. The zero-order valence-electron chi connectivity index (χ0n) is 14.3. The number of hydrogen-bond donors (Lipinski definition) is 1. The molecular formula is C16H22N8S. The Morgan fingerprint density at radius 2 is 1.80 bits per heavy atom. The Hall–Kier alpha value is -2.78. The minimum Gasteiger partial charge on any atom is -0.235 e. The van der Waals surface area contributed by atoms with E-state index >= 15 is 0 Å². The molecule has 2 N–H and O–H groups in total. The fraction of sp³-hybridized carbons (Fsp3) is 0.188. The van der Waals surface area contributed by atoms with Crippen molar-refractivity contribution in [2.45, 2.75) is 20.3 Å². The fourth-order valence-corrected chi connectivity index (χ4v) is 4.95. The number of allylic oxidation sites excluding steroid dienone is 2. The van der Waals surface area contributed by atoms with Crippen LogP contribution in [0.25, 0.3) is 6.08 Å². The number of rotatable bonds is 7. The lowest BCUT2D eigenvalue weighted by Gasteiger charge is -2.44. The first kappa shape index (κ1) is 17.1. The molecule has 0 aliphatic rings. The Kier molecular flexibility index (Phi) is 5.05. The van der Waals surface area contributed by atoms with Gasteiger partial charge in [0.15, 0.2) is 10.8 Å². The third kappa shape index (κ3) is 2.99. The van der Waals surface area contributed by atoms with E-state index in [-0.39, 0.29) is 0 Å². The lowest BCUT2D eigenvalue weighted by Crippen LogP contribution is -2.42. The largest absolute Gasteiger partial charge is 0.235 e. The summed E-state index contributed by atoms with van der Waals surface area (Å²) in [4.78, 5) is 0. The summed E-state index contributed by atoms with van der Waals surface area (Å²) in [5, 5.41) is 13.6. The second kappa shape index (κ2) is 7.41. The average molecular weight is 358 g/mol. The van der Waals surface area contributed by atoms with Crippen molar-refractivity contribution in [3.05, 3.63) is 73.2 Å². The van der Waals surface area contributed by atoms with Crippen molar-refractivity contribution in [1.82, 2.24) is 32.0 Å². The molecule has 0 spiro atoms. The Bertz CT molecular complexity index is 797. The van der Waals surface area contributed by atoms with Gasteiger partial charge in [0.25, 0.3) is 0 Å². The molecule has 0 atom stereocenters. The number of nitrogens with two attached hydrogens (primary N) is 1. The van der Waals surface area contributed by atoms with Crippen LogP contribution < -0.4 is 5.84 Å². The molecule has 0 saturated carbocycles. The SMILES string of the molecule is C/C=C\c1ccn(S(N(N)/C=C\CC)(n2cccn2)n2cccn2)n1. The Labute approximate surface area is 148 Å². The van der Waals surface area contributed by atoms with Gasteiger partial charge in [-0.1, -0.05) is 19.1 Å². The molecule has 9 heteroatoms. The van der Waals surface area contributed by atoms with E-state index in [1.807, 2.05) is 72.2 Å². The van der Waals surface area contributed by atoms with E-state index in [2.05, 4.69) is 17.1 Å². The van der Waals surface area contributed by atoms with Gasteiger partial charge in [-0.25, -0.2) is 10.3 Å². The Morgan fingerprint density at radius 3 is 2.32 bits per heavy atom. The highest BCUT2D eigenvalue weighted by molar-refractivity contribution is 8.27. The molecule has 0 bridgehead atoms. The molecule has 0 aromatic carbocycles. The van der Waals surface area contributed by atoms with E-state index in [0.717, 1.165) is 12.1 Å². The van der Waals surface area contributed by atoms with Gasteiger partial charge in [0, 0.05) is 24.8 Å². The van der Waals surface area contributed by atoms with Crippen LogP contribution >= 0.6 is 10.8 Å². The molecule has 0 fully saturated rings. The van der Waals surface area contributed by atoms with Crippen molar-refractivity contribution in [2.24, 2.45) is 5.84 Å². The topological polar surface area (TPSA) is 82.7 Å². The van der Waals surface area contributed by atoms with E-state index in [1.165, 1.54) is 0 Å². The van der Waals surface area contributed by atoms with Crippen LogP contribution in [-0.4, -0.2) is 32.0 Å². The van der Waals surface area contributed by atoms with Gasteiger partial charge < -0.3 is 0 Å². The summed E-state index contributed by atoms with van der Waals surface area (Å²) < 4.78 is 7.05.